The molecule has 2 atom stereocenters. The zero-order chi connectivity index (χ0) is 21.2. The van der Waals surface area contributed by atoms with E-state index in [1.54, 1.807) is 20.8 Å². The minimum Gasteiger partial charge on any atom is -0.445 e. The van der Waals surface area contributed by atoms with E-state index in [0.29, 0.717) is 0 Å². The van der Waals surface area contributed by atoms with Crippen molar-refractivity contribution in [3.8, 4) is 0 Å². The van der Waals surface area contributed by atoms with Crippen molar-refractivity contribution < 1.29 is 24.2 Å². The Labute approximate surface area is 166 Å². The van der Waals surface area contributed by atoms with Gasteiger partial charge in [0, 0.05) is 13.1 Å². The molecule has 154 valence electrons. The van der Waals surface area contributed by atoms with E-state index < -0.39 is 29.9 Å². The van der Waals surface area contributed by atoms with Gasteiger partial charge in [-0.2, -0.15) is 0 Å². The molecule has 2 N–H and O–H groups in total. The Morgan fingerprint density at radius 2 is 1.89 bits per heavy atom. The molecule has 0 fully saturated rings. The van der Waals surface area contributed by atoms with Crippen LogP contribution < -0.4 is 5.32 Å². The summed E-state index contributed by atoms with van der Waals surface area (Å²) in [5, 5.41) is 12.8. The van der Waals surface area contributed by atoms with E-state index in [9.17, 15) is 14.7 Å². The number of hydrogen-bond acceptors (Lipinski definition) is 5. The predicted octanol–water partition coefficient (Wildman–Crippen LogP) is 3.25. The number of benzene rings is 1. The van der Waals surface area contributed by atoms with Crippen LogP contribution in [0.4, 0.5) is 9.59 Å². The molecule has 1 aromatic carbocycles. The van der Waals surface area contributed by atoms with Crippen LogP contribution in [0.3, 0.4) is 0 Å². The number of carbonyl (C=O) groups excluding carboxylic acids is 2. The van der Waals surface area contributed by atoms with Gasteiger partial charge in [0.05, 0.1) is 12.1 Å². The number of amides is 2. The Morgan fingerprint density at radius 3 is 2.43 bits per heavy atom. The van der Waals surface area contributed by atoms with Gasteiger partial charge >= 0.3 is 12.2 Å². The van der Waals surface area contributed by atoms with Crippen LogP contribution in [0.5, 0.6) is 0 Å². The second-order valence-corrected chi connectivity index (χ2v) is 7.21. The third kappa shape index (κ3) is 8.73. The Kier molecular flexibility index (Phi) is 9.24. The molecule has 0 aliphatic carbocycles. The first-order valence-electron chi connectivity index (χ1n) is 9.03. The number of aliphatic hydroxyl groups is 1. The molecule has 2 amide bonds. The highest BCUT2D eigenvalue weighted by atomic mass is 16.6. The molecule has 0 saturated carbocycles. The van der Waals surface area contributed by atoms with Gasteiger partial charge < -0.3 is 24.8 Å². The highest BCUT2D eigenvalue weighted by Crippen LogP contribution is 2.09. The summed E-state index contributed by atoms with van der Waals surface area (Å²) < 4.78 is 10.6. The lowest BCUT2D eigenvalue weighted by Gasteiger charge is -2.29. The van der Waals surface area contributed by atoms with Gasteiger partial charge in [-0.25, -0.2) is 9.59 Å². The molecule has 0 unspecified atom stereocenters. The highest BCUT2D eigenvalue weighted by molar-refractivity contribution is 5.69. The van der Waals surface area contributed by atoms with Gasteiger partial charge in [0.25, 0.3) is 0 Å². The molecule has 0 radical (unpaired) electrons. The first-order valence-corrected chi connectivity index (χ1v) is 9.03. The van der Waals surface area contributed by atoms with Crippen molar-refractivity contribution >= 4 is 12.2 Å². The highest BCUT2D eigenvalue weighted by Gasteiger charge is 2.27. The maximum atomic E-state index is 12.5. The number of nitrogens with zero attached hydrogens (tertiary/aromatic N) is 1. The Morgan fingerprint density at radius 1 is 1.25 bits per heavy atom. The topological polar surface area (TPSA) is 88.1 Å². The van der Waals surface area contributed by atoms with E-state index in [1.807, 2.05) is 30.3 Å². The Hall–Kier alpha value is -2.80. The van der Waals surface area contributed by atoms with Crippen molar-refractivity contribution in [3.05, 3.63) is 61.2 Å². The lowest BCUT2D eigenvalue weighted by atomic mass is 10.1. The van der Waals surface area contributed by atoms with Crippen LogP contribution in [-0.2, 0) is 16.1 Å². The van der Waals surface area contributed by atoms with E-state index in [4.69, 9.17) is 9.47 Å². The van der Waals surface area contributed by atoms with E-state index in [2.05, 4.69) is 18.5 Å². The van der Waals surface area contributed by atoms with Crippen LogP contribution in [0, 0.1) is 0 Å². The standard InChI is InChI=1S/C21H30N2O5/c1-6-13-23(20(26)27-15-16-11-9-8-10-12-16)14-17(18(24)7-2)22-19(25)28-21(3,4)5/h6-12,17-18,24H,1-2,13-15H2,3-5H3,(H,22,25)/t17-,18+/m0/s1. The molecule has 28 heavy (non-hydrogen) atoms. The van der Waals surface area contributed by atoms with Gasteiger partial charge in [-0.05, 0) is 26.3 Å². The zero-order valence-corrected chi connectivity index (χ0v) is 16.8. The largest absolute Gasteiger partial charge is 0.445 e. The van der Waals surface area contributed by atoms with E-state index in [0.717, 1.165) is 5.56 Å². The average Bonchev–Trinajstić information content (AvgIpc) is 2.63. The second-order valence-electron chi connectivity index (χ2n) is 7.21. The molecular weight excluding hydrogens is 360 g/mol. The van der Waals surface area contributed by atoms with Crippen molar-refractivity contribution in [1.82, 2.24) is 10.2 Å². The summed E-state index contributed by atoms with van der Waals surface area (Å²) in [7, 11) is 0. The molecular formula is C21H30N2O5. The van der Waals surface area contributed by atoms with E-state index >= 15 is 0 Å². The Balaban J connectivity index is 2.78. The smallest absolute Gasteiger partial charge is 0.410 e. The maximum absolute atomic E-state index is 12.5. The van der Waals surface area contributed by atoms with Gasteiger partial charge in [-0.15, -0.1) is 13.2 Å². The average molecular weight is 390 g/mol. The van der Waals surface area contributed by atoms with E-state index in [1.165, 1.54) is 17.1 Å². The minimum absolute atomic E-state index is 0.00786. The number of carbonyl (C=O) groups is 2. The summed E-state index contributed by atoms with van der Waals surface area (Å²) in [5.41, 5.74) is 0.160. The van der Waals surface area contributed by atoms with Crippen molar-refractivity contribution in [2.24, 2.45) is 0 Å². The molecule has 0 aromatic heterocycles. The van der Waals surface area contributed by atoms with Gasteiger partial charge in [0.1, 0.15) is 12.2 Å². The summed E-state index contributed by atoms with van der Waals surface area (Å²) in [6, 6.07) is 8.45. The second kappa shape index (κ2) is 11.1. The molecule has 0 bridgehead atoms. The zero-order valence-electron chi connectivity index (χ0n) is 16.8. The summed E-state index contributed by atoms with van der Waals surface area (Å²) >= 11 is 0. The summed E-state index contributed by atoms with van der Waals surface area (Å²) in [6.07, 6.45) is 0.449. The summed E-state index contributed by atoms with van der Waals surface area (Å²) in [5.74, 6) is 0. The van der Waals surface area contributed by atoms with Crippen LogP contribution in [-0.4, -0.2) is 53.0 Å². The van der Waals surface area contributed by atoms with Crippen LogP contribution >= 0.6 is 0 Å². The fourth-order valence-corrected chi connectivity index (χ4v) is 2.29. The van der Waals surface area contributed by atoms with E-state index in [-0.39, 0.29) is 19.7 Å². The lowest BCUT2D eigenvalue weighted by molar-refractivity contribution is 0.0412. The Bertz CT molecular complexity index is 655. The van der Waals surface area contributed by atoms with Crippen LogP contribution in [0.1, 0.15) is 26.3 Å². The molecule has 1 aromatic rings. The fraction of sp³-hybridized carbons (Fsp3) is 0.429. The summed E-state index contributed by atoms with van der Waals surface area (Å²) in [4.78, 5) is 25.9. The third-order valence-electron chi connectivity index (χ3n) is 3.59. The number of rotatable bonds is 9. The van der Waals surface area contributed by atoms with Gasteiger partial charge in [0.15, 0.2) is 0 Å². The fourth-order valence-electron chi connectivity index (χ4n) is 2.29. The number of ether oxygens (including phenoxy) is 2. The quantitative estimate of drug-likeness (QED) is 0.632. The molecule has 7 heteroatoms. The van der Waals surface area contributed by atoms with Gasteiger partial charge in [-0.3, -0.25) is 0 Å². The minimum atomic E-state index is -1.08. The first kappa shape index (κ1) is 23.2. The third-order valence-corrected chi connectivity index (χ3v) is 3.59. The molecule has 0 saturated heterocycles. The normalized spacial score (nSPS) is 13.0. The van der Waals surface area contributed by atoms with Crippen LogP contribution in [0.15, 0.2) is 55.6 Å². The number of aliphatic hydroxyl groups excluding tert-OH is 1. The van der Waals surface area contributed by atoms with Crippen molar-refractivity contribution in [1.29, 1.82) is 0 Å². The maximum Gasteiger partial charge on any atom is 0.410 e. The van der Waals surface area contributed by atoms with Crippen molar-refractivity contribution in [2.75, 3.05) is 13.1 Å². The first-order chi connectivity index (χ1) is 13.2. The number of alkyl carbamates (subject to hydrolysis) is 1. The monoisotopic (exact) mass is 390 g/mol. The van der Waals surface area contributed by atoms with Gasteiger partial charge in [-0.1, -0.05) is 42.5 Å². The van der Waals surface area contributed by atoms with Crippen molar-refractivity contribution in [3.63, 3.8) is 0 Å². The molecule has 0 aliphatic rings. The summed E-state index contributed by atoms with van der Waals surface area (Å²) in [6.45, 7) is 12.7. The van der Waals surface area contributed by atoms with Crippen LogP contribution in [0.2, 0.25) is 0 Å². The molecule has 0 aliphatic heterocycles. The van der Waals surface area contributed by atoms with Crippen molar-refractivity contribution in [2.45, 2.75) is 45.1 Å². The predicted molar refractivity (Wildman–Crippen MR) is 108 cm³/mol. The SMILES string of the molecule is C=CCN(C[C@H](NC(=O)OC(C)(C)C)[C@H](O)C=C)C(=O)OCc1ccccc1. The van der Waals surface area contributed by atoms with Gasteiger partial charge in [0.2, 0.25) is 0 Å². The molecule has 0 heterocycles. The lowest BCUT2D eigenvalue weighted by Crippen LogP contribution is -2.52. The number of nitrogens with one attached hydrogen (secondary N) is 1. The molecule has 0 spiro atoms. The number of hydrogen-bond donors (Lipinski definition) is 2. The molecule has 1 rings (SSSR count). The molecule has 7 nitrogen and oxygen atoms in total. The van der Waals surface area contributed by atoms with Crippen LogP contribution in [0.25, 0.3) is 0 Å².